The molecule has 0 radical (unpaired) electrons. The summed E-state index contributed by atoms with van der Waals surface area (Å²) in [6, 6.07) is 20.4. The van der Waals surface area contributed by atoms with Crippen LogP contribution in [-0.4, -0.2) is 23.5 Å². The largest absolute Gasteiger partial charge is 0.452 e. The van der Waals surface area contributed by atoms with Crippen molar-refractivity contribution in [2.45, 2.75) is 13.8 Å². The van der Waals surface area contributed by atoms with E-state index in [2.05, 4.69) is 21.2 Å². The Morgan fingerprint density at radius 3 is 2.52 bits per heavy atom. The number of nitrogens with one attached hydrogen (secondary N) is 1. The third-order valence-corrected chi connectivity index (χ3v) is 6.61. The number of amides is 1. The number of rotatable bonds is 5. The van der Waals surface area contributed by atoms with Crippen molar-refractivity contribution >= 4 is 56.0 Å². The van der Waals surface area contributed by atoms with E-state index in [1.165, 1.54) is 0 Å². The molecule has 5 nitrogen and oxygen atoms in total. The van der Waals surface area contributed by atoms with Gasteiger partial charge >= 0.3 is 5.97 Å². The quantitative estimate of drug-likeness (QED) is 0.295. The molecule has 0 saturated heterocycles. The van der Waals surface area contributed by atoms with Crippen molar-refractivity contribution in [2.24, 2.45) is 0 Å². The lowest BCUT2D eigenvalue weighted by Crippen LogP contribution is -2.21. The van der Waals surface area contributed by atoms with E-state index >= 15 is 0 Å². The summed E-state index contributed by atoms with van der Waals surface area (Å²) < 4.78 is 6.09. The summed E-state index contributed by atoms with van der Waals surface area (Å²) in [5.74, 6) is -1.05. The van der Waals surface area contributed by atoms with Gasteiger partial charge in [-0.1, -0.05) is 59.6 Å². The summed E-state index contributed by atoms with van der Waals surface area (Å²) in [7, 11) is 0. The number of hydrogen-bond donors (Lipinski definition) is 1. The topological polar surface area (TPSA) is 68.3 Å². The Balaban J connectivity index is 1.56. The third-order valence-electron chi connectivity index (χ3n) is 5.23. The third kappa shape index (κ3) is 5.07. The molecule has 0 bridgehead atoms. The van der Waals surface area contributed by atoms with E-state index in [0.717, 1.165) is 15.6 Å². The highest BCUT2D eigenvalue weighted by atomic mass is 79.9. The van der Waals surface area contributed by atoms with E-state index < -0.39 is 18.5 Å². The Kier molecular flexibility index (Phi) is 6.77. The number of benzene rings is 3. The zero-order chi connectivity index (χ0) is 23.5. The first-order valence-corrected chi connectivity index (χ1v) is 11.4. The Hall–Kier alpha value is -3.22. The minimum Gasteiger partial charge on any atom is -0.452 e. The van der Waals surface area contributed by atoms with E-state index in [4.69, 9.17) is 21.3 Å². The van der Waals surface area contributed by atoms with Gasteiger partial charge in [0.2, 0.25) is 0 Å². The van der Waals surface area contributed by atoms with Crippen LogP contribution in [0.2, 0.25) is 5.02 Å². The number of halogens is 2. The number of nitrogens with zero attached hydrogens (tertiary/aromatic N) is 1. The highest BCUT2D eigenvalue weighted by Gasteiger charge is 2.17. The Labute approximate surface area is 204 Å². The van der Waals surface area contributed by atoms with Gasteiger partial charge < -0.3 is 10.1 Å². The summed E-state index contributed by atoms with van der Waals surface area (Å²) in [4.78, 5) is 30.1. The zero-order valence-corrected chi connectivity index (χ0v) is 20.3. The first-order valence-electron chi connectivity index (χ1n) is 10.2. The predicted octanol–water partition coefficient (Wildman–Crippen LogP) is 6.73. The summed E-state index contributed by atoms with van der Waals surface area (Å²) in [5, 5.41) is 3.90. The molecule has 0 spiro atoms. The predicted molar refractivity (Wildman–Crippen MR) is 135 cm³/mol. The maximum absolute atomic E-state index is 13.0. The summed E-state index contributed by atoms with van der Waals surface area (Å²) in [5.41, 5.74) is 4.98. The minimum absolute atomic E-state index is 0.354. The maximum Gasteiger partial charge on any atom is 0.339 e. The molecule has 0 atom stereocenters. The number of carbonyl (C=O) groups excluding carboxylic acids is 2. The number of anilines is 1. The number of fused-ring (bicyclic) bond motifs is 1. The van der Waals surface area contributed by atoms with Crippen LogP contribution in [0, 0.1) is 13.8 Å². The standard InChI is InChI=1S/C26H20BrClN2O3/c1-15-7-9-17(10-8-15)23-13-19(18-5-3-4-6-22(18)29-23)26(32)33-14-24(31)30-21-12-11-20(27)25(28)16(21)2/h3-13H,14H2,1-2H3,(H,30,31). The molecule has 1 N–H and O–H groups in total. The van der Waals surface area contributed by atoms with Crippen molar-refractivity contribution in [3.8, 4) is 11.3 Å². The van der Waals surface area contributed by atoms with Gasteiger partial charge in [0.05, 0.1) is 21.8 Å². The fourth-order valence-corrected chi connectivity index (χ4v) is 3.99. The number of ether oxygens (including phenoxy) is 1. The SMILES string of the molecule is Cc1ccc(-c2cc(C(=O)OCC(=O)Nc3ccc(Br)c(Cl)c3C)c3ccccc3n2)cc1. The number of aromatic nitrogens is 1. The van der Waals surface area contributed by atoms with Crippen molar-refractivity contribution < 1.29 is 14.3 Å². The number of aryl methyl sites for hydroxylation is 1. The van der Waals surface area contributed by atoms with E-state index in [9.17, 15) is 9.59 Å². The maximum atomic E-state index is 13.0. The van der Waals surface area contributed by atoms with E-state index in [-0.39, 0.29) is 0 Å². The lowest BCUT2D eigenvalue weighted by atomic mass is 10.0. The molecule has 4 aromatic rings. The molecule has 0 unspecified atom stereocenters. The van der Waals surface area contributed by atoms with Crippen LogP contribution in [0.4, 0.5) is 5.69 Å². The van der Waals surface area contributed by atoms with Gasteiger partial charge in [-0.05, 0) is 59.6 Å². The normalized spacial score (nSPS) is 10.8. The van der Waals surface area contributed by atoms with E-state index in [1.807, 2.05) is 55.5 Å². The number of hydrogen-bond acceptors (Lipinski definition) is 4. The molecule has 4 rings (SSSR count). The number of carbonyl (C=O) groups is 2. The van der Waals surface area contributed by atoms with Crippen molar-refractivity contribution in [1.29, 1.82) is 0 Å². The monoisotopic (exact) mass is 522 g/mol. The molecule has 1 amide bonds. The number of pyridine rings is 1. The summed E-state index contributed by atoms with van der Waals surface area (Å²) in [6.07, 6.45) is 0. The van der Waals surface area contributed by atoms with Gasteiger partial charge in [0.25, 0.3) is 5.91 Å². The van der Waals surface area contributed by atoms with Crippen molar-refractivity contribution in [3.05, 3.63) is 92.9 Å². The summed E-state index contributed by atoms with van der Waals surface area (Å²) >= 11 is 9.56. The highest BCUT2D eigenvalue weighted by molar-refractivity contribution is 9.10. The molecule has 0 aliphatic carbocycles. The molecule has 0 aliphatic heterocycles. The van der Waals surface area contributed by atoms with Crippen LogP contribution in [-0.2, 0) is 9.53 Å². The Bertz CT molecular complexity index is 1370. The second-order valence-corrected chi connectivity index (χ2v) is 8.83. The highest BCUT2D eigenvalue weighted by Crippen LogP contribution is 2.31. The average molecular weight is 524 g/mol. The smallest absolute Gasteiger partial charge is 0.339 e. The first kappa shape index (κ1) is 23.0. The molecule has 3 aromatic carbocycles. The molecule has 1 heterocycles. The van der Waals surface area contributed by atoms with Gasteiger partial charge in [-0.25, -0.2) is 9.78 Å². The molecule has 1 aromatic heterocycles. The van der Waals surface area contributed by atoms with Gasteiger partial charge in [-0.2, -0.15) is 0 Å². The number of esters is 1. The second kappa shape index (κ2) is 9.73. The lowest BCUT2D eigenvalue weighted by Gasteiger charge is -2.12. The first-order chi connectivity index (χ1) is 15.8. The molecular weight excluding hydrogens is 504 g/mol. The van der Waals surface area contributed by atoms with Gasteiger partial charge in [-0.3, -0.25) is 4.79 Å². The van der Waals surface area contributed by atoms with Gasteiger partial charge in [0, 0.05) is 21.1 Å². The van der Waals surface area contributed by atoms with Crippen LogP contribution in [0.25, 0.3) is 22.2 Å². The Morgan fingerprint density at radius 1 is 1.03 bits per heavy atom. The number of para-hydroxylation sites is 1. The molecule has 7 heteroatoms. The van der Waals surface area contributed by atoms with Crippen LogP contribution in [0.3, 0.4) is 0 Å². The van der Waals surface area contributed by atoms with Crippen LogP contribution in [0.5, 0.6) is 0 Å². The molecule has 166 valence electrons. The molecule has 0 saturated carbocycles. The van der Waals surface area contributed by atoms with E-state index in [0.29, 0.717) is 38.4 Å². The fourth-order valence-electron chi connectivity index (χ4n) is 3.40. The zero-order valence-electron chi connectivity index (χ0n) is 18.0. The fraction of sp³-hybridized carbons (Fsp3) is 0.115. The molecule has 0 fully saturated rings. The van der Waals surface area contributed by atoms with Gasteiger partial charge in [0.15, 0.2) is 6.61 Å². The van der Waals surface area contributed by atoms with Crippen LogP contribution in [0.15, 0.2) is 71.2 Å². The van der Waals surface area contributed by atoms with Crippen LogP contribution < -0.4 is 5.32 Å². The van der Waals surface area contributed by atoms with Gasteiger partial charge in [-0.15, -0.1) is 0 Å². The second-order valence-electron chi connectivity index (χ2n) is 7.60. The van der Waals surface area contributed by atoms with Gasteiger partial charge in [0.1, 0.15) is 0 Å². The molecule has 0 aliphatic rings. The molecular formula is C26H20BrClN2O3. The minimum atomic E-state index is -0.595. The van der Waals surface area contributed by atoms with Crippen LogP contribution in [0.1, 0.15) is 21.5 Å². The Morgan fingerprint density at radius 2 is 1.76 bits per heavy atom. The van der Waals surface area contributed by atoms with Crippen molar-refractivity contribution in [3.63, 3.8) is 0 Å². The van der Waals surface area contributed by atoms with Crippen molar-refractivity contribution in [2.75, 3.05) is 11.9 Å². The van der Waals surface area contributed by atoms with E-state index in [1.54, 1.807) is 25.1 Å². The average Bonchev–Trinajstić information content (AvgIpc) is 2.82. The summed E-state index contributed by atoms with van der Waals surface area (Å²) in [6.45, 7) is 3.38. The van der Waals surface area contributed by atoms with Crippen molar-refractivity contribution in [1.82, 2.24) is 4.98 Å². The molecule has 33 heavy (non-hydrogen) atoms. The van der Waals surface area contributed by atoms with Crippen LogP contribution >= 0.6 is 27.5 Å². The lowest BCUT2D eigenvalue weighted by molar-refractivity contribution is -0.119.